The molecule has 0 radical (unpaired) electrons. The number of nitrogens with zero attached hydrogens (tertiary/aromatic N) is 1. The number of carbonyl (C=O) groups is 1. The number of aryl methyl sites for hydroxylation is 1. The molecule has 1 N–H and O–H groups in total. The Kier molecular flexibility index (Phi) is 3.61. The van der Waals surface area contributed by atoms with Crippen LogP contribution in [0.15, 0.2) is 40.8 Å². The maximum absolute atomic E-state index is 11.8. The quantitative estimate of drug-likeness (QED) is 0.676. The van der Waals surface area contributed by atoms with Crippen molar-refractivity contribution in [3.63, 3.8) is 0 Å². The predicted octanol–water partition coefficient (Wildman–Crippen LogP) is 3.00. The summed E-state index contributed by atoms with van der Waals surface area (Å²) in [5, 5.41) is 13.2. The van der Waals surface area contributed by atoms with Crippen molar-refractivity contribution < 1.29 is 14.1 Å². The van der Waals surface area contributed by atoms with E-state index in [4.69, 9.17) is 4.42 Å². The van der Waals surface area contributed by atoms with Crippen LogP contribution in [0, 0.1) is 10.1 Å². The Morgan fingerprint density at radius 3 is 2.79 bits per heavy atom. The van der Waals surface area contributed by atoms with Crippen LogP contribution in [0.4, 0.5) is 11.4 Å². The second-order valence-electron chi connectivity index (χ2n) is 3.88. The smallest absolute Gasteiger partial charge is 0.291 e. The molecule has 1 heterocycles. The molecular weight excluding hydrogens is 248 g/mol. The van der Waals surface area contributed by atoms with Gasteiger partial charge in [-0.3, -0.25) is 14.9 Å². The van der Waals surface area contributed by atoms with Gasteiger partial charge < -0.3 is 9.73 Å². The lowest BCUT2D eigenvalue weighted by Crippen LogP contribution is -2.10. The Bertz CT molecular complexity index is 619. The van der Waals surface area contributed by atoms with E-state index in [1.54, 1.807) is 18.2 Å². The van der Waals surface area contributed by atoms with Crippen LogP contribution < -0.4 is 5.32 Å². The van der Waals surface area contributed by atoms with Crippen molar-refractivity contribution >= 4 is 17.3 Å². The highest BCUT2D eigenvalue weighted by Crippen LogP contribution is 2.18. The van der Waals surface area contributed by atoms with Gasteiger partial charge in [-0.15, -0.1) is 0 Å². The number of nitrogens with one attached hydrogen (secondary N) is 1. The van der Waals surface area contributed by atoms with Crippen LogP contribution in [0.1, 0.15) is 23.2 Å². The lowest BCUT2D eigenvalue weighted by Gasteiger charge is -2.02. The van der Waals surface area contributed by atoms with Crippen molar-refractivity contribution in [2.45, 2.75) is 13.3 Å². The van der Waals surface area contributed by atoms with Crippen LogP contribution in [-0.4, -0.2) is 10.8 Å². The topological polar surface area (TPSA) is 85.4 Å². The first-order chi connectivity index (χ1) is 9.10. The lowest BCUT2D eigenvalue weighted by molar-refractivity contribution is -0.384. The number of amides is 1. The van der Waals surface area contributed by atoms with Crippen molar-refractivity contribution in [3.05, 3.63) is 58.0 Å². The first-order valence-corrected chi connectivity index (χ1v) is 5.74. The molecule has 1 aromatic carbocycles. The van der Waals surface area contributed by atoms with Crippen molar-refractivity contribution in [1.82, 2.24) is 0 Å². The summed E-state index contributed by atoms with van der Waals surface area (Å²) < 4.78 is 5.30. The zero-order valence-electron chi connectivity index (χ0n) is 10.3. The molecule has 0 aliphatic carbocycles. The molecule has 0 saturated carbocycles. The molecule has 0 saturated heterocycles. The van der Waals surface area contributed by atoms with Gasteiger partial charge >= 0.3 is 0 Å². The van der Waals surface area contributed by atoms with Crippen LogP contribution in [0.25, 0.3) is 0 Å². The number of furan rings is 1. The van der Waals surface area contributed by atoms with E-state index in [0.717, 1.165) is 0 Å². The zero-order valence-corrected chi connectivity index (χ0v) is 10.3. The number of carbonyl (C=O) groups excluding carboxylic acids is 1. The Labute approximate surface area is 109 Å². The maximum Gasteiger partial charge on any atom is 0.291 e. The largest absolute Gasteiger partial charge is 0.456 e. The number of nitro groups is 1. The Hall–Kier alpha value is -2.63. The number of rotatable bonds is 4. The van der Waals surface area contributed by atoms with Crippen molar-refractivity contribution in [3.8, 4) is 0 Å². The molecule has 0 spiro atoms. The third kappa shape index (κ3) is 2.98. The van der Waals surface area contributed by atoms with E-state index < -0.39 is 10.8 Å². The second-order valence-corrected chi connectivity index (χ2v) is 3.88. The van der Waals surface area contributed by atoms with Gasteiger partial charge in [0, 0.05) is 24.2 Å². The first-order valence-electron chi connectivity index (χ1n) is 5.74. The van der Waals surface area contributed by atoms with Crippen molar-refractivity contribution in [1.29, 1.82) is 0 Å². The summed E-state index contributed by atoms with van der Waals surface area (Å²) in [5.74, 6) is 0.466. The number of hydrogen-bond donors (Lipinski definition) is 1. The van der Waals surface area contributed by atoms with Gasteiger partial charge in [0.15, 0.2) is 5.76 Å². The van der Waals surface area contributed by atoms with Gasteiger partial charge in [-0.2, -0.15) is 0 Å². The highest BCUT2D eigenvalue weighted by molar-refractivity contribution is 6.02. The van der Waals surface area contributed by atoms with Gasteiger partial charge in [-0.25, -0.2) is 0 Å². The molecule has 0 atom stereocenters. The minimum atomic E-state index is -0.516. The van der Waals surface area contributed by atoms with Crippen LogP contribution in [0.2, 0.25) is 0 Å². The minimum absolute atomic E-state index is 0.0773. The Morgan fingerprint density at radius 1 is 1.37 bits per heavy atom. The third-order valence-corrected chi connectivity index (χ3v) is 2.55. The molecule has 2 aromatic rings. The van der Waals surface area contributed by atoms with Crippen LogP contribution in [0.3, 0.4) is 0 Å². The summed E-state index contributed by atoms with van der Waals surface area (Å²) in [4.78, 5) is 22.0. The monoisotopic (exact) mass is 260 g/mol. The average Bonchev–Trinajstić information content (AvgIpc) is 2.88. The molecule has 1 aromatic heterocycles. The minimum Gasteiger partial charge on any atom is -0.456 e. The van der Waals surface area contributed by atoms with Crippen LogP contribution in [0.5, 0.6) is 0 Å². The number of benzene rings is 1. The summed E-state index contributed by atoms with van der Waals surface area (Å²) in [6.07, 6.45) is 0.699. The summed E-state index contributed by atoms with van der Waals surface area (Å²) >= 11 is 0. The summed E-state index contributed by atoms with van der Waals surface area (Å²) in [7, 11) is 0. The standard InChI is InChI=1S/C13H12N2O4/c1-2-11-6-7-12(19-11)13(16)14-9-4-3-5-10(8-9)15(17)18/h3-8H,2H2,1H3,(H,14,16). The van der Waals surface area contributed by atoms with Gasteiger partial charge in [0.05, 0.1) is 4.92 Å². The van der Waals surface area contributed by atoms with E-state index in [0.29, 0.717) is 17.9 Å². The van der Waals surface area contributed by atoms with Gasteiger partial charge in [-0.05, 0) is 18.2 Å². The molecule has 0 aliphatic rings. The highest BCUT2D eigenvalue weighted by atomic mass is 16.6. The Morgan fingerprint density at radius 2 is 2.16 bits per heavy atom. The molecular formula is C13H12N2O4. The molecule has 6 nitrogen and oxygen atoms in total. The van der Waals surface area contributed by atoms with E-state index in [1.807, 2.05) is 6.92 Å². The fourth-order valence-electron chi connectivity index (χ4n) is 1.58. The van der Waals surface area contributed by atoms with Crippen LogP contribution in [-0.2, 0) is 6.42 Å². The molecule has 19 heavy (non-hydrogen) atoms. The average molecular weight is 260 g/mol. The molecule has 98 valence electrons. The van der Waals surface area contributed by atoms with E-state index >= 15 is 0 Å². The molecule has 1 amide bonds. The van der Waals surface area contributed by atoms with Crippen LogP contribution >= 0.6 is 0 Å². The molecule has 0 bridgehead atoms. The number of nitro benzene ring substituents is 1. The fraction of sp³-hybridized carbons (Fsp3) is 0.154. The molecule has 6 heteroatoms. The number of non-ortho nitro benzene ring substituents is 1. The van der Waals surface area contributed by atoms with E-state index in [-0.39, 0.29) is 11.4 Å². The third-order valence-electron chi connectivity index (χ3n) is 2.55. The summed E-state index contributed by atoms with van der Waals surface area (Å²) in [5.41, 5.74) is 0.278. The second kappa shape index (κ2) is 5.34. The summed E-state index contributed by atoms with van der Waals surface area (Å²) in [6, 6.07) is 9.04. The molecule has 2 rings (SSSR count). The first kappa shape index (κ1) is 12.8. The van der Waals surface area contributed by atoms with Gasteiger partial charge in [0.1, 0.15) is 5.76 Å². The fourth-order valence-corrected chi connectivity index (χ4v) is 1.58. The maximum atomic E-state index is 11.8. The molecule has 0 fully saturated rings. The zero-order chi connectivity index (χ0) is 13.8. The van der Waals surface area contributed by atoms with Crippen molar-refractivity contribution in [2.24, 2.45) is 0 Å². The number of anilines is 1. The Balaban J connectivity index is 2.14. The van der Waals surface area contributed by atoms with Gasteiger partial charge in [0.2, 0.25) is 0 Å². The van der Waals surface area contributed by atoms with Gasteiger partial charge in [-0.1, -0.05) is 13.0 Å². The molecule has 0 aliphatic heterocycles. The SMILES string of the molecule is CCc1ccc(C(=O)Nc2cccc([N+](=O)[O-])c2)o1. The van der Waals surface area contributed by atoms with Gasteiger partial charge in [0.25, 0.3) is 11.6 Å². The predicted molar refractivity (Wildman–Crippen MR) is 69.1 cm³/mol. The van der Waals surface area contributed by atoms with E-state index in [1.165, 1.54) is 18.2 Å². The van der Waals surface area contributed by atoms with E-state index in [2.05, 4.69) is 5.32 Å². The van der Waals surface area contributed by atoms with E-state index in [9.17, 15) is 14.9 Å². The summed E-state index contributed by atoms with van der Waals surface area (Å²) in [6.45, 7) is 1.92. The lowest BCUT2D eigenvalue weighted by atomic mass is 10.2. The normalized spacial score (nSPS) is 10.2. The highest BCUT2D eigenvalue weighted by Gasteiger charge is 2.12. The van der Waals surface area contributed by atoms with Crippen molar-refractivity contribution in [2.75, 3.05) is 5.32 Å². The number of hydrogen-bond acceptors (Lipinski definition) is 4. The molecule has 0 unspecified atom stereocenters.